The van der Waals surface area contributed by atoms with Crippen LogP contribution in [0.1, 0.15) is 51.2 Å². The molecule has 2 amide bonds. The Hall–Kier alpha value is -1.95. The van der Waals surface area contributed by atoms with Crippen LogP contribution in [0.4, 0.5) is 4.79 Å². The Labute approximate surface area is 162 Å². The zero-order chi connectivity index (χ0) is 19.2. The summed E-state index contributed by atoms with van der Waals surface area (Å²) in [5.41, 5.74) is 1.03. The third kappa shape index (κ3) is 4.67. The molecule has 27 heavy (non-hydrogen) atoms. The first-order valence-corrected chi connectivity index (χ1v) is 10.2. The number of carbonyl (C=O) groups excluding carboxylic acids is 1. The van der Waals surface area contributed by atoms with Crippen LogP contribution in [-0.4, -0.2) is 61.8 Å². The number of methoxy groups -OCH3 is 1. The molecule has 0 bridgehead atoms. The zero-order valence-corrected chi connectivity index (χ0v) is 16.8. The Morgan fingerprint density at radius 1 is 1.22 bits per heavy atom. The van der Waals surface area contributed by atoms with Crippen LogP contribution in [0.3, 0.4) is 0 Å². The number of hydrogen-bond donors (Lipinski definition) is 0. The van der Waals surface area contributed by atoms with Crippen LogP contribution in [0.15, 0.2) is 18.2 Å². The summed E-state index contributed by atoms with van der Waals surface area (Å²) in [5, 5.41) is 0. The van der Waals surface area contributed by atoms with Gasteiger partial charge >= 0.3 is 6.03 Å². The molecule has 150 valence electrons. The van der Waals surface area contributed by atoms with Gasteiger partial charge in [-0.25, -0.2) is 4.79 Å². The lowest BCUT2D eigenvalue weighted by Crippen LogP contribution is -2.48. The number of urea groups is 1. The minimum Gasteiger partial charge on any atom is -0.493 e. The fourth-order valence-corrected chi connectivity index (χ4v) is 3.89. The maximum Gasteiger partial charge on any atom is 0.320 e. The minimum atomic E-state index is -0.143. The lowest BCUT2D eigenvalue weighted by Gasteiger charge is -2.36. The van der Waals surface area contributed by atoms with Crippen LogP contribution < -0.4 is 9.47 Å². The second-order valence-corrected chi connectivity index (χ2v) is 7.19. The van der Waals surface area contributed by atoms with Crippen molar-refractivity contribution in [2.45, 2.75) is 51.7 Å². The van der Waals surface area contributed by atoms with Crippen LogP contribution in [-0.2, 0) is 4.74 Å². The van der Waals surface area contributed by atoms with Gasteiger partial charge in [0.2, 0.25) is 0 Å². The molecule has 1 saturated carbocycles. The average molecular weight is 376 g/mol. The average Bonchev–Trinajstić information content (AvgIpc) is 3.22. The highest BCUT2D eigenvalue weighted by atomic mass is 16.5. The third-order valence-corrected chi connectivity index (χ3v) is 5.53. The Kier molecular flexibility index (Phi) is 6.83. The van der Waals surface area contributed by atoms with Crippen molar-refractivity contribution in [3.8, 4) is 11.5 Å². The van der Waals surface area contributed by atoms with Crippen LogP contribution in [0.5, 0.6) is 11.5 Å². The number of nitrogens with zero attached hydrogens (tertiary/aromatic N) is 2. The second kappa shape index (κ2) is 9.31. The first kappa shape index (κ1) is 19.8. The van der Waals surface area contributed by atoms with Crippen molar-refractivity contribution in [1.82, 2.24) is 9.80 Å². The molecule has 2 fully saturated rings. The normalized spacial score (nSPS) is 20.6. The molecule has 1 aliphatic heterocycles. The number of amides is 2. The number of hydrogen-bond acceptors (Lipinski definition) is 4. The molecule has 6 nitrogen and oxygen atoms in total. The first-order chi connectivity index (χ1) is 13.2. The maximum absolute atomic E-state index is 12.7. The van der Waals surface area contributed by atoms with Crippen molar-refractivity contribution >= 4 is 6.03 Å². The van der Waals surface area contributed by atoms with Crippen molar-refractivity contribution in [3.05, 3.63) is 23.8 Å². The summed E-state index contributed by atoms with van der Waals surface area (Å²) in [7, 11) is 1.66. The Bertz CT molecular complexity index is 627. The van der Waals surface area contributed by atoms with Crippen molar-refractivity contribution in [3.63, 3.8) is 0 Å². The SMILES string of the molecule is CCN(CC)C(=O)N1CCOC(c2ccc(OC)c(OC3CCCC3)c2)C1. The summed E-state index contributed by atoms with van der Waals surface area (Å²) in [6, 6.07) is 6.06. The number of rotatable bonds is 6. The quantitative estimate of drug-likeness (QED) is 0.757. The largest absolute Gasteiger partial charge is 0.493 e. The Morgan fingerprint density at radius 2 is 1.96 bits per heavy atom. The molecule has 1 aromatic rings. The van der Waals surface area contributed by atoms with Crippen LogP contribution in [0.25, 0.3) is 0 Å². The molecule has 2 aliphatic rings. The van der Waals surface area contributed by atoms with Gasteiger partial charge in [-0.2, -0.15) is 0 Å². The van der Waals surface area contributed by atoms with Gasteiger partial charge in [0.25, 0.3) is 0 Å². The monoisotopic (exact) mass is 376 g/mol. The van der Waals surface area contributed by atoms with Gasteiger partial charge in [0.05, 0.1) is 26.4 Å². The van der Waals surface area contributed by atoms with E-state index < -0.39 is 0 Å². The molecular formula is C21H32N2O4. The molecule has 0 aromatic heterocycles. The Morgan fingerprint density at radius 3 is 2.63 bits per heavy atom. The lowest BCUT2D eigenvalue weighted by atomic mass is 10.1. The molecule has 1 atom stereocenters. The van der Waals surface area contributed by atoms with E-state index in [1.54, 1.807) is 7.11 Å². The minimum absolute atomic E-state index is 0.0873. The molecule has 1 heterocycles. The van der Waals surface area contributed by atoms with Gasteiger partial charge in [-0.15, -0.1) is 0 Å². The number of morpholine rings is 1. The van der Waals surface area contributed by atoms with Gasteiger partial charge in [-0.1, -0.05) is 6.07 Å². The van der Waals surface area contributed by atoms with Crippen molar-refractivity contribution in [1.29, 1.82) is 0 Å². The molecule has 1 aromatic carbocycles. The van der Waals surface area contributed by atoms with Crippen LogP contribution >= 0.6 is 0 Å². The Balaban J connectivity index is 1.73. The van der Waals surface area contributed by atoms with Crippen LogP contribution in [0, 0.1) is 0 Å². The van der Waals surface area contributed by atoms with E-state index in [1.165, 1.54) is 12.8 Å². The summed E-state index contributed by atoms with van der Waals surface area (Å²) in [4.78, 5) is 16.4. The highest BCUT2D eigenvalue weighted by molar-refractivity contribution is 5.74. The topological polar surface area (TPSA) is 51.2 Å². The summed E-state index contributed by atoms with van der Waals surface area (Å²) >= 11 is 0. The van der Waals surface area contributed by atoms with Crippen LogP contribution in [0.2, 0.25) is 0 Å². The van der Waals surface area contributed by atoms with Crippen molar-refractivity contribution in [2.75, 3.05) is 39.9 Å². The highest BCUT2D eigenvalue weighted by Gasteiger charge is 2.28. The van der Waals surface area contributed by atoms with Crippen molar-refractivity contribution < 1.29 is 19.0 Å². The number of benzene rings is 1. The fourth-order valence-electron chi connectivity index (χ4n) is 3.89. The van der Waals surface area contributed by atoms with E-state index in [0.29, 0.717) is 19.7 Å². The summed E-state index contributed by atoms with van der Waals surface area (Å²) in [5.74, 6) is 1.52. The van der Waals surface area contributed by atoms with Gasteiger partial charge in [0.15, 0.2) is 11.5 Å². The fraction of sp³-hybridized carbons (Fsp3) is 0.667. The molecule has 3 rings (SSSR count). The van der Waals surface area contributed by atoms with E-state index in [2.05, 4.69) is 0 Å². The third-order valence-electron chi connectivity index (χ3n) is 5.53. The van der Waals surface area contributed by atoms with Gasteiger partial charge in [0, 0.05) is 19.6 Å². The molecule has 1 saturated heterocycles. The molecular weight excluding hydrogens is 344 g/mol. The van der Waals surface area contributed by atoms with Gasteiger partial charge in [-0.05, 0) is 57.2 Å². The van der Waals surface area contributed by atoms with Crippen molar-refractivity contribution in [2.24, 2.45) is 0 Å². The summed E-state index contributed by atoms with van der Waals surface area (Å²) in [6.07, 6.45) is 4.76. The molecule has 0 spiro atoms. The molecule has 1 unspecified atom stereocenters. The molecule has 6 heteroatoms. The van der Waals surface area contributed by atoms with E-state index in [9.17, 15) is 4.79 Å². The van der Waals surface area contributed by atoms with E-state index >= 15 is 0 Å². The molecule has 1 aliphatic carbocycles. The lowest BCUT2D eigenvalue weighted by molar-refractivity contribution is -0.0203. The predicted octanol–water partition coefficient (Wildman–Crippen LogP) is 3.85. The summed E-state index contributed by atoms with van der Waals surface area (Å²) in [6.45, 7) is 7.20. The number of carbonyl (C=O) groups is 1. The smallest absolute Gasteiger partial charge is 0.320 e. The van der Waals surface area contributed by atoms with Gasteiger partial charge in [0.1, 0.15) is 6.10 Å². The molecule has 0 N–H and O–H groups in total. The van der Waals surface area contributed by atoms with Gasteiger partial charge < -0.3 is 24.0 Å². The summed E-state index contributed by atoms with van der Waals surface area (Å²) < 4.78 is 17.7. The van der Waals surface area contributed by atoms with E-state index in [-0.39, 0.29) is 18.2 Å². The van der Waals surface area contributed by atoms with E-state index in [0.717, 1.165) is 43.0 Å². The number of ether oxygens (including phenoxy) is 3. The maximum atomic E-state index is 12.7. The predicted molar refractivity (Wildman–Crippen MR) is 104 cm³/mol. The highest BCUT2D eigenvalue weighted by Crippen LogP contribution is 2.35. The first-order valence-electron chi connectivity index (χ1n) is 10.2. The van der Waals surface area contributed by atoms with E-state index in [4.69, 9.17) is 14.2 Å². The van der Waals surface area contributed by atoms with Gasteiger partial charge in [-0.3, -0.25) is 0 Å². The zero-order valence-electron chi connectivity index (χ0n) is 16.8. The van der Waals surface area contributed by atoms with E-state index in [1.807, 2.05) is 41.8 Å². The second-order valence-electron chi connectivity index (χ2n) is 7.19. The molecule has 0 radical (unpaired) electrons. The standard InChI is InChI=1S/C21H32N2O4/c1-4-22(5-2)21(24)23-12-13-26-20(15-23)16-10-11-18(25-3)19(14-16)27-17-8-6-7-9-17/h10-11,14,17,20H,4-9,12-13,15H2,1-3H3.